The number of nitrogens with two attached hydrogens (primary N) is 2. The minimum atomic E-state index is -4.44. The van der Waals surface area contributed by atoms with Crippen LogP contribution in [0.1, 0.15) is 0 Å². The molecule has 0 aromatic heterocycles. The summed E-state index contributed by atoms with van der Waals surface area (Å²) in [5.41, 5.74) is 22.8. The number of halogens is 3. The summed E-state index contributed by atoms with van der Waals surface area (Å²) in [5.74, 6) is 0. The van der Waals surface area contributed by atoms with E-state index >= 15 is 0 Å². The number of aromatic nitrogens is 1. The van der Waals surface area contributed by atoms with Crippen LogP contribution >= 0.6 is 52.3 Å². The van der Waals surface area contributed by atoms with Crippen LogP contribution in [0.3, 0.4) is 0 Å². The van der Waals surface area contributed by atoms with E-state index in [4.69, 9.17) is 40.4 Å². The second kappa shape index (κ2) is 40.5. The second-order valence-electron chi connectivity index (χ2n) is 21.5. The van der Waals surface area contributed by atoms with Gasteiger partial charge in [0.05, 0.1) is 31.7 Å². The quantitative estimate of drug-likeness (QED) is 0.0160. The van der Waals surface area contributed by atoms with E-state index < -0.39 is 33.4 Å². The number of benzene rings is 7. The molecule has 0 unspecified atom stereocenters. The first-order valence-corrected chi connectivity index (χ1v) is 42.2. The van der Waals surface area contributed by atoms with Gasteiger partial charge < -0.3 is 63.1 Å². The van der Waals surface area contributed by atoms with Gasteiger partial charge in [-0.05, 0) is 137 Å². The predicted octanol–water partition coefficient (Wildman–Crippen LogP) is 9.27. The molecule has 6 aromatic rings. The Bertz CT molecular complexity index is 3980. The van der Waals surface area contributed by atoms with Gasteiger partial charge in [-0.15, -0.1) is 16.2 Å². The molecule has 0 amide bonds. The van der Waals surface area contributed by atoms with Crippen molar-refractivity contribution in [1.29, 1.82) is 0 Å². The van der Waals surface area contributed by atoms with Crippen LogP contribution in [-0.2, 0) is 33.4 Å². The standard InChI is InChI=1S/C16H21N3O3S2.C16H18N3S.C8H12N2O3S2.C8H10N2O.C8H12N2.C8H11N.3ClH.Zn/c1-18(2)13-7-5-12(6-8-13)17-15-10-9-14(19(3)4)11-16(15)23-24(20,21)22;1-18(2)11-5-7-13-15(9-11)20-16-10-12(19(3)4)6-8-14(16)17-13;1-10(2)6-3-4-7(9)8(5-6)14-15(11,12)13;1-10(2)8-5-3-7(9-11)4-6-8;1-10(2)8-5-3-7(9)4-6-8;1-9(2)8-6-4-3-5-7-8;;;;/h5-12,17H,1-4H3;5-10H,1-4H3;3-5H,9H2,1-2H3,(H,11,12,13);3-6H,1-2H3;3-6H,9H2,1-2H3;3-7H,1-2H3;3*1H;/q;+1;;;;;;;;+2/p-3. The molecule has 6 aromatic carbocycles. The number of para-hydroxylation sites is 1. The van der Waals surface area contributed by atoms with Crippen molar-refractivity contribution in [2.75, 3.05) is 159 Å². The Labute approximate surface area is 583 Å². The summed E-state index contributed by atoms with van der Waals surface area (Å²) in [6.07, 6.45) is 7.94. The van der Waals surface area contributed by atoms with Gasteiger partial charge >= 0.3 is 43.7 Å². The summed E-state index contributed by atoms with van der Waals surface area (Å²) in [7, 11) is 33.5. The zero-order chi connectivity index (χ0) is 69.0. The third-order valence-corrected chi connectivity index (χ3v) is 17.6. The van der Waals surface area contributed by atoms with Gasteiger partial charge in [0.2, 0.25) is 5.36 Å². The molecular formula is C64H84Cl3N13O7S5Zn. The van der Waals surface area contributed by atoms with Crippen LogP contribution in [0.5, 0.6) is 0 Å². The maximum absolute atomic E-state index is 11.2. The molecule has 29 heteroatoms. The topological polar surface area (TPSA) is 243 Å². The van der Waals surface area contributed by atoms with Crippen LogP contribution in [0, 0.1) is 4.91 Å². The van der Waals surface area contributed by atoms with Gasteiger partial charge in [0.25, 0.3) is 0 Å². The van der Waals surface area contributed by atoms with E-state index in [1.165, 1.54) is 32.0 Å². The summed E-state index contributed by atoms with van der Waals surface area (Å²) in [6, 6.07) is 48.2. The minimum absolute atomic E-state index is 0. The van der Waals surface area contributed by atoms with Crippen molar-refractivity contribution < 1.29 is 58.1 Å². The predicted molar refractivity (Wildman–Crippen MR) is 393 cm³/mol. The van der Waals surface area contributed by atoms with Gasteiger partial charge in [0.1, 0.15) is 33.9 Å². The number of nitrogens with one attached hydrogen (secondary N) is 1. The van der Waals surface area contributed by atoms with Crippen LogP contribution < -0.4 is 68.5 Å². The second-order valence-corrected chi connectivity index (χ2v) is 33.6. The van der Waals surface area contributed by atoms with E-state index in [1.54, 1.807) is 53.8 Å². The van der Waals surface area contributed by atoms with Gasteiger partial charge in [-0.2, -0.15) is 8.42 Å². The van der Waals surface area contributed by atoms with Gasteiger partial charge in [-0.3, -0.25) is 4.55 Å². The average Bonchev–Trinajstić information content (AvgIpc) is 0.816. The van der Waals surface area contributed by atoms with Crippen molar-refractivity contribution in [2.45, 2.75) is 15.8 Å². The molecular weight excluding hydrogens is 1390 g/mol. The fourth-order valence-electron chi connectivity index (χ4n) is 7.64. The Kier molecular flexibility index (Phi) is 35.9. The number of anilines is 9. The van der Waals surface area contributed by atoms with Gasteiger partial charge in [0.15, 0.2) is 14.9 Å². The van der Waals surface area contributed by atoms with Crippen molar-refractivity contribution in [2.24, 2.45) is 5.18 Å². The molecule has 0 saturated carbocycles. The number of nitroso groups, excluding NO2 is 1. The van der Waals surface area contributed by atoms with Crippen molar-refractivity contribution in [3.63, 3.8) is 0 Å². The van der Waals surface area contributed by atoms with E-state index in [0.717, 1.165) is 39.7 Å². The Balaban J connectivity index is 0.000000389. The van der Waals surface area contributed by atoms with Gasteiger partial charge in [-0.1, -0.05) is 30.4 Å². The number of hydrogen-bond acceptors (Lipinski definition) is 20. The van der Waals surface area contributed by atoms with Crippen LogP contribution in [0.25, 0.3) is 20.8 Å². The molecule has 500 valence electrons. The summed E-state index contributed by atoms with van der Waals surface area (Å²) in [5, 5.41) is 7.26. The molecule has 0 bridgehead atoms. The maximum atomic E-state index is 11.2. The molecule has 1 aliphatic heterocycles. The normalized spacial score (nSPS) is 11.7. The zero-order valence-electron chi connectivity index (χ0n) is 55.2. The monoisotopic (exact) mass is 1480 g/mol. The first kappa shape index (κ1) is 82.4. The van der Waals surface area contributed by atoms with Crippen molar-refractivity contribution >= 4 is 143 Å². The van der Waals surface area contributed by atoms with E-state index in [2.05, 4.69) is 102 Å². The number of rotatable bonds is 13. The molecule has 93 heavy (non-hydrogen) atoms. The molecule has 6 N–H and O–H groups in total. The van der Waals surface area contributed by atoms with Crippen molar-refractivity contribution in [3.8, 4) is 10.6 Å². The number of allylic oxidation sites excluding steroid dienone is 2. The zero-order valence-corrected chi connectivity index (χ0v) is 64.5. The van der Waals surface area contributed by atoms with Crippen LogP contribution in [0.4, 0.5) is 56.9 Å². The van der Waals surface area contributed by atoms with E-state index in [0.29, 0.717) is 48.4 Å². The molecule has 0 saturated heterocycles. The molecule has 0 spiro atoms. The van der Waals surface area contributed by atoms with Crippen molar-refractivity contribution in [1.82, 2.24) is 9.56 Å². The fraction of sp³-hybridized carbons (Fsp3) is 0.266. The van der Waals surface area contributed by atoms with Gasteiger partial charge in [-0.25, -0.2) is 22.6 Å². The Morgan fingerprint density at radius 3 is 1.49 bits per heavy atom. The number of nitrogen functional groups attached to an aromatic ring is 2. The Hall–Kier alpha value is -6.68. The molecule has 3 aliphatic rings. The molecule has 9 rings (SSSR count). The first-order valence-electron chi connectivity index (χ1n) is 28.0. The van der Waals surface area contributed by atoms with Crippen LogP contribution in [-0.4, -0.2) is 160 Å². The SMILES string of the molecule is CN(C)c1ccc(N)c(SS(=O)(=O)O)c1.CN(C)c1ccc(N)cc1.CN(C)c1ccc(N=O)cc1.CN(C)c1ccc(NC2C=CC(=[N+](C)C)C=C2)c(SS(=O)(=O)[O-])c1.CN(C)c1ccc2nc3ccc(=[N+](C)C)cc-3sc2c1.CN(C)c1ccccc1.[Cl-].[Cl][Zn][Cl]. The van der Waals surface area contributed by atoms with E-state index in [-0.39, 0.29) is 18.4 Å². The van der Waals surface area contributed by atoms with Crippen LogP contribution in [0.2, 0.25) is 0 Å². The number of hydrogen-bond donors (Lipinski definition) is 4. The average molecular weight is 1480 g/mol. The van der Waals surface area contributed by atoms with Crippen molar-refractivity contribution in [3.05, 3.63) is 186 Å². The van der Waals surface area contributed by atoms with E-state index in [1.807, 2.05) is 194 Å². The van der Waals surface area contributed by atoms with Gasteiger partial charge in [0, 0.05) is 176 Å². The molecule has 20 nitrogen and oxygen atoms in total. The van der Waals surface area contributed by atoms with E-state index in [9.17, 15) is 26.3 Å². The first-order chi connectivity index (χ1) is 43.1. The Morgan fingerprint density at radius 1 is 0.591 bits per heavy atom. The summed E-state index contributed by atoms with van der Waals surface area (Å²) in [6.45, 7) is 0. The summed E-state index contributed by atoms with van der Waals surface area (Å²) >= 11 is 0.868. The molecule has 0 fully saturated rings. The molecule has 0 atom stereocenters. The Morgan fingerprint density at radius 2 is 1.04 bits per heavy atom. The summed E-state index contributed by atoms with van der Waals surface area (Å²) < 4.78 is 68.9. The third-order valence-electron chi connectivity index (χ3n) is 12.7. The number of fused-ring (bicyclic) bond motifs is 2. The molecule has 0 radical (unpaired) electrons. The number of nitrogens with zero attached hydrogens (tertiary/aromatic N) is 10. The van der Waals surface area contributed by atoms with Crippen LogP contribution in [0.15, 0.2) is 191 Å². The molecule has 1 heterocycles. The third kappa shape index (κ3) is 30.5. The summed E-state index contributed by atoms with van der Waals surface area (Å²) in [4.78, 5) is 28.6. The fourth-order valence-corrected chi connectivity index (χ4v) is 12.0. The molecule has 2 aliphatic carbocycles.